The second kappa shape index (κ2) is 7.18. The van der Waals surface area contributed by atoms with Crippen molar-refractivity contribution in [2.45, 2.75) is 40.2 Å². The molecule has 1 unspecified atom stereocenters. The lowest BCUT2D eigenvalue weighted by molar-refractivity contribution is 0.0771. The topological polar surface area (TPSA) is 77.5 Å². The molecule has 0 aliphatic rings. The maximum atomic E-state index is 11.4. The Hall–Kier alpha value is -1.33. The zero-order valence-corrected chi connectivity index (χ0v) is 11.3. The van der Waals surface area contributed by atoms with Crippen LogP contribution in [0, 0.1) is 12.8 Å². The van der Waals surface area contributed by atoms with Crippen LogP contribution in [-0.4, -0.2) is 12.5 Å². The number of hydrazine groups is 1. The first-order chi connectivity index (χ1) is 8.58. The van der Waals surface area contributed by atoms with Gasteiger partial charge in [0.2, 0.25) is 0 Å². The van der Waals surface area contributed by atoms with Crippen LogP contribution in [0.1, 0.15) is 48.6 Å². The highest BCUT2D eigenvalue weighted by atomic mass is 16.5. The molecule has 1 rings (SSSR count). The predicted octanol–water partition coefficient (Wildman–Crippen LogP) is 2.14. The fraction of sp³-hybridized carbons (Fsp3) is 0.615. The highest BCUT2D eigenvalue weighted by Gasteiger charge is 2.14. The van der Waals surface area contributed by atoms with Gasteiger partial charge < -0.3 is 9.15 Å². The number of aryl methyl sites for hydroxylation is 1. The van der Waals surface area contributed by atoms with E-state index in [0.29, 0.717) is 36.2 Å². The number of nitrogen functional groups attached to an aromatic ring is 1. The van der Waals surface area contributed by atoms with E-state index in [1.165, 1.54) is 0 Å². The summed E-state index contributed by atoms with van der Waals surface area (Å²) in [5, 5.41) is 0. The minimum Gasteiger partial charge on any atom is -0.463 e. The lowest BCUT2D eigenvalue weighted by Crippen LogP contribution is -2.30. The second-order valence-electron chi connectivity index (χ2n) is 4.57. The third kappa shape index (κ3) is 4.16. The van der Waals surface area contributed by atoms with Crippen LogP contribution < -0.4 is 11.3 Å². The van der Waals surface area contributed by atoms with Gasteiger partial charge in [0.25, 0.3) is 5.91 Å². The van der Waals surface area contributed by atoms with E-state index in [1.54, 1.807) is 13.0 Å². The Balaban J connectivity index is 2.46. The normalized spacial score (nSPS) is 12.4. The minimum atomic E-state index is -0.346. The molecule has 0 spiro atoms. The van der Waals surface area contributed by atoms with Gasteiger partial charge in [-0.15, -0.1) is 0 Å². The number of carbonyl (C=O) groups excluding carboxylic acids is 1. The summed E-state index contributed by atoms with van der Waals surface area (Å²) in [6.45, 7) is 7.13. The largest absolute Gasteiger partial charge is 0.463 e. The number of furan rings is 1. The summed E-state index contributed by atoms with van der Waals surface area (Å²) in [4.78, 5) is 11.4. The maximum Gasteiger partial charge on any atom is 0.268 e. The molecule has 0 radical (unpaired) electrons. The van der Waals surface area contributed by atoms with Crippen molar-refractivity contribution in [2.75, 3.05) is 6.61 Å². The van der Waals surface area contributed by atoms with Gasteiger partial charge in [0.05, 0.1) is 5.56 Å². The first-order valence-electron chi connectivity index (χ1n) is 6.26. The van der Waals surface area contributed by atoms with E-state index in [2.05, 4.69) is 19.3 Å². The molecule has 1 heterocycles. The average Bonchev–Trinajstić information content (AvgIpc) is 2.70. The van der Waals surface area contributed by atoms with E-state index >= 15 is 0 Å². The monoisotopic (exact) mass is 254 g/mol. The van der Waals surface area contributed by atoms with Gasteiger partial charge in [-0.1, -0.05) is 20.3 Å². The molecular weight excluding hydrogens is 232 g/mol. The van der Waals surface area contributed by atoms with E-state index < -0.39 is 0 Å². The number of nitrogens with one attached hydrogen (secondary N) is 1. The van der Waals surface area contributed by atoms with Crippen molar-refractivity contribution in [3.63, 3.8) is 0 Å². The standard InChI is InChI=1S/C13H22N2O3/c1-4-5-9(2)7-17-8-11-6-12(10(3)18-11)13(16)15-14/h6,9H,4-5,7-8,14H2,1-3H3,(H,15,16). The average molecular weight is 254 g/mol. The fourth-order valence-electron chi connectivity index (χ4n) is 1.85. The first-order valence-corrected chi connectivity index (χ1v) is 6.26. The number of carbonyl (C=O) groups is 1. The van der Waals surface area contributed by atoms with Crippen LogP contribution in [0.25, 0.3) is 0 Å². The summed E-state index contributed by atoms with van der Waals surface area (Å²) in [6, 6.07) is 1.67. The molecule has 0 aromatic carbocycles. The number of ether oxygens (including phenoxy) is 1. The summed E-state index contributed by atoms with van der Waals surface area (Å²) in [6.07, 6.45) is 2.31. The van der Waals surface area contributed by atoms with E-state index in [1.807, 2.05) is 0 Å². The molecule has 0 saturated heterocycles. The van der Waals surface area contributed by atoms with Crippen LogP contribution in [0.2, 0.25) is 0 Å². The molecule has 3 N–H and O–H groups in total. The van der Waals surface area contributed by atoms with Crippen LogP contribution >= 0.6 is 0 Å². The number of hydrogen-bond acceptors (Lipinski definition) is 4. The van der Waals surface area contributed by atoms with E-state index in [-0.39, 0.29) is 5.91 Å². The van der Waals surface area contributed by atoms with Gasteiger partial charge in [-0.2, -0.15) is 0 Å². The number of nitrogens with two attached hydrogens (primary N) is 1. The third-order valence-corrected chi connectivity index (χ3v) is 2.77. The molecule has 0 bridgehead atoms. The van der Waals surface area contributed by atoms with Crippen LogP contribution in [0.15, 0.2) is 10.5 Å². The van der Waals surface area contributed by atoms with Crippen LogP contribution in [0.5, 0.6) is 0 Å². The Morgan fingerprint density at radius 3 is 2.94 bits per heavy atom. The van der Waals surface area contributed by atoms with E-state index in [9.17, 15) is 4.79 Å². The number of rotatable bonds is 7. The Morgan fingerprint density at radius 1 is 1.61 bits per heavy atom. The molecule has 102 valence electrons. The smallest absolute Gasteiger partial charge is 0.268 e. The van der Waals surface area contributed by atoms with Crippen molar-refractivity contribution in [2.24, 2.45) is 11.8 Å². The quantitative estimate of drug-likeness (QED) is 0.444. The summed E-state index contributed by atoms with van der Waals surface area (Å²) in [7, 11) is 0. The molecule has 0 aliphatic heterocycles. The second-order valence-corrected chi connectivity index (χ2v) is 4.57. The first kappa shape index (κ1) is 14.7. The van der Waals surface area contributed by atoms with Gasteiger partial charge in [0, 0.05) is 6.61 Å². The van der Waals surface area contributed by atoms with Crippen molar-refractivity contribution >= 4 is 5.91 Å². The zero-order valence-electron chi connectivity index (χ0n) is 11.3. The van der Waals surface area contributed by atoms with Crippen LogP contribution in [-0.2, 0) is 11.3 Å². The van der Waals surface area contributed by atoms with Crippen molar-refractivity contribution in [3.8, 4) is 0 Å². The van der Waals surface area contributed by atoms with Gasteiger partial charge in [-0.25, -0.2) is 5.84 Å². The molecule has 5 nitrogen and oxygen atoms in total. The molecule has 0 fully saturated rings. The molecule has 1 amide bonds. The van der Waals surface area contributed by atoms with Crippen LogP contribution in [0.4, 0.5) is 0 Å². The summed E-state index contributed by atoms with van der Waals surface area (Å²) < 4.78 is 11.0. The summed E-state index contributed by atoms with van der Waals surface area (Å²) in [5.41, 5.74) is 2.54. The van der Waals surface area contributed by atoms with E-state index in [4.69, 9.17) is 15.0 Å². The maximum absolute atomic E-state index is 11.4. The van der Waals surface area contributed by atoms with Gasteiger partial charge in [0.1, 0.15) is 18.1 Å². The molecule has 18 heavy (non-hydrogen) atoms. The molecule has 0 aliphatic carbocycles. The predicted molar refractivity (Wildman–Crippen MR) is 68.8 cm³/mol. The van der Waals surface area contributed by atoms with E-state index in [0.717, 1.165) is 12.8 Å². The minimum absolute atomic E-state index is 0.346. The fourth-order valence-corrected chi connectivity index (χ4v) is 1.85. The lowest BCUT2D eigenvalue weighted by atomic mass is 10.1. The van der Waals surface area contributed by atoms with Gasteiger partial charge >= 0.3 is 0 Å². The molecule has 0 saturated carbocycles. The number of amides is 1. The van der Waals surface area contributed by atoms with Crippen molar-refractivity contribution in [1.82, 2.24) is 5.43 Å². The highest BCUT2D eigenvalue weighted by Crippen LogP contribution is 2.16. The van der Waals surface area contributed by atoms with Gasteiger partial charge in [-0.05, 0) is 25.3 Å². The lowest BCUT2D eigenvalue weighted by Gasteiger charge is -2.09. The Labute approximate surface area is 108 Å². The van der Waals surface area contributed by atoms with Gasteiger partial charge in [0.15, 0.2) is 0 Å². The Bertz CT molecular complexity index is 388. The molecule has 1 aromatic heterocycles. The van der Waals surface area contributed by atoms with Gasteiger partial charge in [-0.3, -0.25) is 10.2 Å². The van der Waals surface area contributed by atoms with Crippen molar-refractivity contribution < 1.29 is 13.9 Å². The number of hydrogen-bond donors (Lipinski definition) is 2. The van der Waals surface area contributed by atoms with Crippen LogP contribution in [0.3, 0.4) is 0 Å². The molecule has 1 aromatic rings. The summed E-state index contributed by atoms with van der Waals surface area (Å²) in [5.74, 6) is 6.48. The Morgan fingerprint density at radius 2 is 2.33 bits per heavy atom. The van der Waals surface area contributed by atoms with Crippen molar-refractivity contribution in [1.29, 1.82) is 0 Å². The third-order valence-electron chi connectivity index (χ3n) is 2.77. The molecule has 5 heteroatoms. The Kier molecular flexibility index (Phi) is 5.88. The molecule has 1 atom stereocenters. The van der Waals surface area contributed by atoms with Crippen molar-refractivity contribution in [3.05, 3.63) is 23.2 Å². The summed E-state index contributed by atoms with van der Waals surface area (Å²) >= 11 is 0. The molecular formula is C13H22N2O3. The SMILES string of the molecule is CCCC(C)COCc1cc(C(=O)NN)c(C)o1. The highest BCUT2D eigenvalue weighted by molar-refractivity contribution is 5.94. The zero-order chi connectivity index (χ0) is 13.5.